The summed E-state index contributed by atoms with van der Waals surface area (Å²) in [4.78, 5) is 12.5. The molecule has 112 valence electrons. The van der Waals surface area contributed by atoms with E-state index in [1.54, 1.807) is 0 Å². The van der Waals surface area contributed by atoms with Gasteiger partial charge in [-0.15, -0.1) is 0 Å². The number of anilines is 2. The number of nitrogen functional groups attached to an aromatic ring is 1. The molecule has 2 heterocycles. The molecule has 0 spiro atoms. The molecule has 1 fully saturated rings. The fourth-order valence-corrected chi connectivity index (χ4v) is 1.99. The Kier molecular flexibility index (Phi) is 4.56. The van der Waals surface area contributed by atoms with Crippen LogP contribution in [-0.4, -0.2) is 39.8 Å². The first-order valence-electron chi connectivity index (χ1n) is 6.82. The fourth-order valence-electron chi connectivity index (χ4n) is 1.99. The number of hydrazine groups is 1. The van der Waals surface area contributed by atoms with Crippen molar-refractivity contribution < 1.29 is 9.47 Å². The maximum atomic E-state index is 5.59. The van der Waals surface area contributed by atoms with E-state index in [1.165, 1.54) is 0 Å². The molecule has 1 saturated heterocycles. The summed E-state index contributed by atoms with van der Waals surface area (Å²) < 4.78 is 11.0. The SMILES string of the molecule is CCCOc1nc(NN)nc(NC2(C)CCOC2C)n1. The van der Waals surface area contributed by atoms with Crippen LogP contribution >= 0.6 is 0 Å². The first-order chi connectivity index (χ1) is 9.57. The van der Waals surface area contributed by atoms with Gasteiger partial charge < -0.3 is 14.8 Å². The molecule has 20 heavy (non-hydrogen) atoms. The topological polar surface area (TPSA) is 107 Å². The predicted octanol–water partition coefficient (Wildman–Crippen LogP) is 0.925. The molecule has 0 radical (unpaired) electrons. The highest BCUT2D eigenvalue weighted by Crippen LogP contribution is 2.28. The van der Waals surface area contributed by atoms with Crippen molar-refractivity contribution in [2.24, 2.45) is 5.84 Å². The summed E-state index contributed by atoms with van der Waals surface area (Å²) in [5.74, 6) is 6.07. The molecular weight excluding hydrogens is 260 g/mol. The lowest BCUT2D eigenvalue weighted by Crippen LogP contribution is -2.41. The van der Waals surface area contributed by atoms with Crippen molar-refractivity contribution in [2.75, 3.05) is 24.0 Å². The van der Waals surface area contributed by atoms with Crippen LogP contribution in [0.25, 0.3) is 0 Å². The molecule has 0 aromatic carbocycles. The van der Waals surface area contributed by atoms with E-state index in [1.807, 2.05) is 13.8 Å². The minimum atomic E-state index is -0.213. The van der Waals surface area contributed by atoms with Gasteiger partial charge in [0.05, 0.1) is 18.2 Å². The third-order valence-corrected chi connectivity index (χ3v) is 3.46. The molecule has 0 saturated carbocycles. The maximum absolute atomic E-state index is 5.59. The number of rotatable bonds is 6. The van der Waals surface area contributed by atoms with Crippen LogP contribution in [-0.2, 0) is 4.74 Å². The number of aromatic nitrogens is 3. The molecule has 4 N–H and O–H groups in total. The van der Waals surface area contributed by atoms with E-state index in [2.05, 4.69) is 32.6 Å². The van der Waals surface area contributed by atoms with Gasteiger partial charge in [-0.2, -0.15) is 15.0 Å². The summed E-state index contributed by atoms with van der Waals surface area (Å²) in [6.07, 6.45) is 1.84. The van der Waals surface area contributed by atoms with Gasteiger partial charge in [0.1, 0.15) is 0 Å². The molecule has 8 heteroatoms. The monoisotopic (exact) mass is 282 g/mol. The van der Waals surface area contributed by atoms with E-state index >= 15 is 0 Å². The molecule has 2 rings (SSSR count). The Labute approximate surface area is 118 Å². The molecular formula is C12H22N6O2. The van der Waals surface area contributed by atoms with Crippen LogP contribution in [0.5, 0.6) is 6.01 Å². The molecule has 2 unspecified atom stereocenters. The van der Waals surface area contributed by atoms with Crippen molar-refractivity contribution in [1.82, 2.24) is 15.0 Å². The van der Waals surface area contributed by atoms with Crippen molar-refractivity contribution in [2.45, 2.75) is 45.3 Å². The summed E-state index contributed by atoms with van der Waals surface area (Å²) in [5, 5.41) is 3.30. The largest absolute Gasteiger partial charge is 0.463 e. The second-order valence-electron chi connectivity index (χ2n) is 5.06. The Hall–Kier alpha value is -1.67. The van der Waals surface area contributed by atoms with E-state index in [0.717, 1.165) is 19.4 Å². The van der Waals surface area contributed by atoms with Gasteiger partial charge in [0.25, 0.3) is 0 Å². The van der Waals surface area contributed by atoms with Crippen LogP contribution in [0.15, 0.2) is 0 Å². The number of hydrogen-bond donors (Lipinski definition) is 3. The second-order valence-corrected chi connectivity index (χ2v) is 5.06. The Morgan fingerprint density at radius 2 is 2.15 bits per heavy atom. The van der Waals surface area contributed by atoms with Crippen molar-refractivity contribution in [3.05, 3.63) is 0 Å². The van der Waals surface area contributed by atoms with Crippen LogP contribution in [0.2, 0.25) is 0 Å². The van der Waals surface area contributed by atoms with E-state index in [-0.39, 0.29) is 23.6 Å². The van der Waals surface area contributed by atoms with Gasteiger partial charge >= 0.3 is 6.01 Å². The maximum Gasteiger partial charge on any atom is 0.323 e. The van der Waals surface area contributed by atoms with Gasteiger partial charge in [-0.3, -0.25) is 5.43 Å². The number of nitrogens with zero attached hydrogens (tertiary/aromatic N) is 3. The van der Waals surface area contributed by atoms with Crippen molar-refractivity contribution >= 4 is 11.9 Å². The van der Waals surface area contributed by atoms with Gasteiger partial charge in [-0.1, -0.05) is 6.92 Å². The lowest BCUT2D eigenvalue weighted by Gasteiger charge is -2.28. The van der Waals surface area contributed by atoms with E-state index in [0.29, 0.717) is 12.6 Å². The highest BCUT2D eigenvalue weighted by atomic mass is 16.5. The average Bonchev–Trinajstić information content (AvgIpc) is 2.75. The first-order valence-corrected chi connectivity index (χ1v) is 6.82. The number of nitrogens with one attached hydrogen (secondary N) is 2. The highest BCUT2D eigenvalue weighted by Gasteiger charge is 2.37. The van der Waals surface area contributed by atoms with Crippen molar-refractivity contribution in [1.29, 1.82) is 0 Å². The summed E-state index contributed by atoms with van der Waals surface area (Å²) in [6.45, 7) is 7.39. The van der Waals surface area contributed by atoms with Crippen molar-refractivity contribution in [3.8, 4) is 6.01 Å². The molecule has 0 aliphatic carbocycles. The lowest BCUT2D eigenvalue weighted by molar-refractivity contribution is 0.105. The van der Waals surface area contributed by atoms with Gasteiger partial charge in [-0.25, -0.2) is 5.84 Å². The normalized spacial score (nSPS) is 25.5. The zero-order valence-corrected chi connectivity index (χ0v) is 12.1. The molecule has 2 atom stereocenters. The Bertz CT molecular complexity index is 458. The zero-order valence-electron chi connectivity index (χ0n) is 12.1. The molecule has 1 aliphatic heterocycles. The summed E-state index contributed by atoms with van der Waals surface area (Å²) in [5.41, 5.74) is 2.21. The standard InChI is InChI=1S/C12H22N6O2/c1-4-6-20-11-15-9(14-10(16-11)18-13)17-12(3)5-7-19-8(12)2/h8H,4-7,13H2,1-3H3,(H2,14,15,16,17,18). The van der Waals surface area contributed by atoms with Gasteiger partial charge in [-0.05, 0) is 26.7 Å². The van der Waals surface area contributed by atoms with Crippen molar-refractivity contribution in [3.63, 3.8) is 0 Å². The number of hydrogen-bond acceptors (Lipinski definition) is 8. The molecule has 1 aromatic heterocycles. The number of ether oxygens (including phenoxy) is 2. The lowest BCUT2D eigenvalue weighted by atomic mass is 9.95. The van der Waals surface area contributed by atoms with E-state index in [4.69, 9.17) is 15.3 Å². The Balaban J connectivity index is 2.17. The van der Waals surface area contributed by atoms with Crippen LogP contribution < -0.4 is 21.3 Å². The summed E-state index contributed by atoms with van der Waals surface area (Å²) >= 11 is 0. The third kappa shape index (κ3) is 3.26. The minimum absolute atomic E-state index is 0.0774. The third-order valence-electron chi connectivity index (χ3n) is 3.46. The van der Waals surface area contributed by atoms with Gasteiger partial charge in [0.15, 0.2) is 0 Å². The number of nitrogens with two attached hydrogens (primary N) is 1. The summed E-state index contributed by atoms with van der Waals surface area (Å²) in [7, 11) is 0. The van der Waals surface area contributed by atoms with Crippen LogP contribution in [0, 0.1) is 0 Å². The fraction of sp³-hybridized carbons (Fsp3) is 0.750. The molecule has 1 aromatic rings. The molecule has 8 nitrogen and oxygen atoms in total. The predicted molar refractivity (Wildman–Crippen MR) is 75.5 cm³/mol. The van der Waals surface area contributed by atoms with Crippen LogP contribution in [0.1, 0.15) is 33.6 Å². The van der Waals surface area contributed by atoms with E-state index in [9.17, 15) is 0 Å². The Morgan fingerprint density at radius 1 is 1.40 bits per heavy atom. The molecule has 1 aliphatic rings. The quantitative estimate of drug-likeness (QED) is 0.522. The molecule has 0 bridgehead atoms. The van der Waals surface area contributed by atoms with E-state index < -0.39 is 0 Å². The smallest absolute Gasteiger partial charge is 0.323 e. The molecule has 0 amide bonds. The minimum Gasteiger partial charge on any atom is -0.463 e. The highest BCUT2D eigenvalue weighted by molar-refractivity contribution is 5.38. The van der Waals surface area contributed by atoms with Crippen LogP contribution in [0.4, 0.5) is 11.9 Å². The van der Waals surface area contributed by atoms with Gasteiger partial charge in [0, 0.05) is 6.61 Å². The average molecular weight is 282 g/mol. The van der Waals surface area contributed by atoms with Gasteiger partial charge in [0.2, 0.25) is 11.9 Å². The first kappa shape index (κ1) is 14.7. The zero-order chi connectivity index (χ0) is 14.6. The second kappa shape index (κ2) is 6.19. The Morgan fingerprint density at radius 3 is 2.75 bits per heavy atom. The summed E-state index contributed by atoms with van der Waals surface area (Å²) in [6, 6.07) is 0.257. The van der Waals surface area contributed by atoms with Crippen LogP contribution in [0.3, 0.4) is 0 Å².